The lowest BCUT2D eigenvalue weighted by Crippen LogP contribution is -2.57. The molecule has 0 aliphatic heterocycles. The lowest BCUT2D eigenvalue weighted by molar-refractivity contribution is -0.152. The topological polar surface area (TPSA) is 59.6 Å². The number of nitrogens with zero attached hydrogens (tertiary/aromatic N) is 1. The lowest BCUT2D eigenvalue weighted by Gasteiger charge is -2.60. The van der Waals surface area contributed by atoms with Gasteiger partial charge < -0.3 is 9.21 Å². The highest BCUT2D eigenvalue weighted by atomic mass is 35.5. The van der Waals surface area contributed by atoms with Gasteiger partial charge in [-0.3, -0.25) is 9.79 Å². The zero-order valence-corrected chi connectivity index (χ0v) is 24.1. The van der Waals surface area contributed by atoms with E-state index in [-0.39, 0.29) is 33.9 Å². The number of ketones is 1. The number of allylic oxidation sites excluding steroid dienone is 2. The van der Waals surface area contributed by atoms with Crippen LogP contribution in [0.2, 0.25) is 5.02 Å². The molecule has 0 amide bonds. The van der Waals surface area contributed by atoms with E-state index in [2.05, 4.69) is 39.1 Å². The van der Waals surface area contributed by atoms with Crippen molar-refractivity contribution < 1.29 is 14.0 Å². The van der Waals surface area contributed by atoms with E-state index in [1.807, 2.05) is 44.4 Å². The van der Waals surface area contributed by atoms with E-state index >= 15 is 0 Å². The van der Waals surface area contributed by atoms with Gasteiger partial charge in [0.1, 0.15) is 12.1 Å². The summed E-state index contributed by atoms with van der Waals surface area (Å²) in [5.74, 6) is 0.387. The van der Waals surface area contributed by atoms with Crippen molar-refractivity contribution in [2.24, 2.45) is 38.5 Å². The number of halogens is 1. The van der Waals surface area contributed by atoms with Crippen molar-refractivity contribution in [3.63, 3.8) is 0 Å². The smallest absolute Gasteiger partial charge is 0.139 e. The molecule has 5 rings (SSSR count). The normalized spacial score (nSPS) is 36.7. The fraction of sp³-hybridized carbons (Fsp3) is 0.545. The second kappa shape index (κ2) is 9.62. The van der Waals surface area contributed by atoms with Gasteiger partial charge in [-0.05, 0) is 71.6 Å². The summed E-state index contributed by atoms with van der Waals surface area (Å²) in [6, 6.07) is 9.95. The number of benzene rings is 1. The maximum Gasteiger partial charge on any atom is 0.139 e. The third-order valence-electron chi connectivity index (χ3n) is 10.8. The second-order valence-electron chi connectivity index (χ2n) is 13.1. The molecule has 3 aliphatic carbocycles. The number of Topliss-reactive ketones (excluding diaryl/α,β-unsaturated/α-hetero) is 1. The van der Waals surface area contributed by atoms with Gasteiger partial charge >= 0.3 is 0 Å². The summed E-state index contributed by atoms with van der Waals surface area (Å²) >= 11 is 6.46. The number of hydrogen-bond acceptors (Lipinski definition) is 4. The summed E-state index contributed by atoms with van der Waals surface area (Å²) < 4.78 is 5.49. The summed E-state index contributed by atoms with van der Waals surface area (Å²) in [6.45, 7) is 11.4. The molecule has 38 heavy (non-hydrogen) atoms. The molecule has 2 aromatic rings. The highest BCUT2D eigenvalue weighted by molar-refractivity contribution is 6.31. The molecule has 2 saturated carbocycles. The number of furan rings is 1. The first-order chi connectivity index (χ1) is 18.0. The van der Waals surface area contributed by atoms with E-state index in [1.54, 1.807) is 6.26 Å². The average Bonchev–Trinajstić information content (AvgIpc) is 3.51. The molecule has 0 N–H and O–H groups in total. The van der Waals surface area contributed by atoms with Crippen LogP contribution in [0.3, 0.4) is 0 Å². The molecular weight excluding hydrogens is 494 g/mol. The Morgan fingerprint density at radius 3 is 2.55 bits per heavy atom. The van der Waals surface area contributed by atoms with E-state index in [4.69, 9.17) is 21.0 Å². The van der Waals surface area contributed by atoms with Crippen LogP contribution in [0.5, 0.6) is 0 Å². The Balaban J connectivity index is 1.58. The molecule has 1 heterocycles. The number of rotatable bonds is 6. The van der Waals surface area contributed by atoms with Gasteiger partial charge in [-0.15, -0.1) is 0 Å². The minimum Gasteiger partial charge on any atom is -0.472 e. The number of carbonyl (C=O) groups is 2. The number of fused-ring (bicyclic) bond motifs is 1. The molecule has 6 atom stereocenters. The minimum absolute atomic E-state index is 0.0292. The van der Waals surface area contributed by atoms with Crippen LogP contribution in [0.25, 0.3) is 0 Å². The SMILES string of the molecule is CC1(C=NCc2ccccc2Cl)C2=CC[C@@H](c3ccoc3)[C@]2(C)CCC1[C@@]1(C)CCC(=O)C(C)(C)[C@H]1C=O. The van der Waals surface area contributed by atoms with Crippen LogP contribution < -0.4 is 0 Å². The van der Waals surface area contributed by atoms with Crippen LogP contribution in [-0.2, 0) is 16.1 Å². The zero-order chi connectivity index (χ0) is 27.3. The highest BCUT2D eigenvalue weighted by Gasteiger charge is 2.63. The first-order valence-electron chi connectivity index (χ1n) is 13.9. The molecule has 4 nitrogen and oxygen atoms in total. The Morgan fingerprint density at radius 2 is 1.87 bits per heavy atom. The zero-order valence-electron chi connectivity index (χ0n) is 23.3. The van der Waals surface area contributed by atoms with Crippen LogP contribution in [0, 0.1) is 33.5 Å². The van der Waals surface area contributed by atoms with Crippen molar-refractivity contribution >= 4 is 29.9 Å². The molecule has 1 aromatic carbocycles. The molecular formula is C33H40ClNO3. The second-order valence-corrected chi connectivity index (χ2v) is 13.5. The lowest BCUT2D eigenvalue weighted by atomic mass is 9.43. The van der Waals surface area contributed by atoms with Crippen LogP contribution in [0.1, 0.15) is 83.8 Å². The number of carbonyl (C=O) groups excluding carboxylic acids is 2. The van der Waals surface area contributed by atoms with Gasteiger partial charge in [0.25, 0.3) is 0 Å². The average molecular weight is 534 g/mol. The minimum atomic E-state index is -0.672. The van der Waals surface area contributed by atoms with Crippen molar-refractivity contribution in [1.29, 1.82) is 0 Å². The molecule has 202 valence electrons. The Bertz CT molecular complexity index is 1280. The van der Waals surface area contributed by atoms with E-state index in [1.165, 1.54) is 11.1 Å². The Morgan fingerprint density at radius 1 is 1.11 bits per heavy atom. The molecule has 2 fully saturated rings. The molecule has 3 aliphatic rings. The third kappa shape index (κ3) is 4.06. The maximum atomic E-state index is 13.0. The van der Waals surface area contributed by atoms with Crippen LogP contribution in [-0.4, -0.2) is 18.3 Å². The molecule has 2 unspecified atom stereocenters. The molecule has 0 bridgehead atoms. The Labute approximate surface area is 231 Å². The van der Waals surface area contributed by atoms with Crippen LogP contribution >= 0.6 is 11.6 Å². The van der Waals surface area contributed by atoms with Crippen molar-refractivity contribution in [3.8, 4) is 0 Å². The summed E-state index contributed by atoms with van der Waals surface area (Å²) in [6.07, 6.45) is 13.5. The van der Waals surface area contributed by atoms with Gasteiger partial charge in [0.15, 0.2) is 0 Å². The fourth-order valence-corrected chi connectivity index (χ4v) is 8.87. The van der Waals surface area contributed by atoms with Crippen LogP contribution in [0.15, 0.2) is 63.9 Å². The van der Waals surface area contributed by atoms with Gasteiger partial charge in [-0.1, -0.05) is 76.1 Å². The monoisotopic (exact) mass is 533 g/mol. The fourth-order valence-electron chi connectivity index (χ4n) is 8.68. The quantitative estimate of drug-likeness (QED) is 0.213. The molecule has 0 saturated heterocycles. The van der Waals surface area contributed by atoms with Gasteiger partial charge in [0.2, 0.25) is 0 Å². The van der Waals surface area contributed by atoms with Crippen LogP contribution in [0.4, 0.5) is 0 Å². The molecule has 5 heteroatoms. The first-order valence-corrected chi connectivity index (χ1v) is 14.3. The van der Waals surface area contributed by atoms with E-state index < -0.39 is 5.41 Å². The van der Waals surface area contributed by atoms with Crippen molar-refractivity contribution in [3.05, 3.63) is 70.7 Å². The van der Waals surface area contributed by atoms with Gasteiger partial charge in [-0.25, -0.2) is 0 Å². The van der Waals surface area contributed by atoms with Gasteiger partial charge in [0, 0.05) is 34.4 Å². The third-order valence-corrected chi connectivity index (χ3v) is 11.1. The summed E-state index contributed by atoms with van der Waals surface area (Å²) in [7, 11) is 0. The number of aliphatic imine (C=N–C) groups is 1. The first kappa shape index (κ1) is 27.1. The van der Waals surface area contributed by atoms with Gasteiger partial charge in [-0.2, -0.15) is 0 Å². The number of aldehydes is 1. The summed E-state index contributed by atoms with van der Waals surface area (Å²) in [5.41, 5.74) is 2.28. The largest absolute Gasteiger partial charge is 0.472 e. The Hall–Kier alpha value is -2.46. The standard InChI is InChI=1S/C33H40ClNO3/c1-30(2)28(19-36)32(4,16-13-29(30)37)27-12-15-31(3)24(23-14-17-38-20-23)10-11-26(31)33(27,5)21-35-18-22-8-6-7-9-25(22)34/h6-9,11,14,17,19-21,24,27-28H,10,12-13,15-16,18H2,1-5H3/t24-,27?,28+,31-,32+,33?/m0/s1. The molecule has 0 radical (unpaired) electrons. The molecule has 0 spiro atoms. The summed E-state index contributed by atoms with van der Waals surface area (Å²) in [5, 5.41) is 0.723. The summed E-state index contributed by atoms with van der Waals surface area (Å²) in [4.78, 5) is 30.7. The highest BCUT2D eigenvalue weighted by Crippen LogP contribution is 2.68. The van der Waals surface area contributed by atoms with E-state index in [0.717, 1.165) is 42.6 Å². The predicted molar refractivity (Wildman–Crippen MR) is 152 cm³/mol. The number of hydrogen-bond donors (Lipinski definition) is 0. The van der Waals surface area contributed by atoms with Crippen molar-refractivity contribution in [2.45, 2.75) is 79.2 Å². The maximum absolute atomic E-state index is 13.0. The van der Waals surface area contributed by atoms with E-state index in [0.29, 0.717) is 18.9 Å². The van der Waals surface area contributed by atoms with Crippen molar-refractivity contribution in [1.82, 2.24) is 0 Å². The Kier molecular flexibility index (Phi) is 6.87. The predicted octanol–water partition coefficient (Wildman–Crippen LogP) is 8.25. The van der Waals surface area contributed by atoms with E-state index in [9.17, 15) is 9.59 Å². The van der Waals surface area contributed by atoms with Gasteiger partial charge in [0.05, 0.1) is 19.1 Å². The molecule has 1 aromatic heterocycles. The van der Waals surface area contributed by atoms with Crippen molar-refractivity contribution in [2.75, 3.05) is 0 Å².